The van der Waals surface area contributed by atoms with E-state index >= 15 is 0 Å². The van der Waals surface area contributed by atoms with Gasteiger partial charge in [-0.3, -0.25) is 4.90 Å². The minimum Gasteiger partial charge on any atom is -0.370 e. The van der Waals surface area contributed by atoms with Gasteiger partial charge >= 0.3 is 6.03 Å². The molecular formula is C36H51N3O2. The van der Waals surface area contributed by atoms with E-state index in [0.29, 0.717) is 18.6 Å². The van der Waals surface area contributed by atoms with Crippen LogP contribution >= 0.6 is 0 Å². The van der Waals surface area contributed by atoms with Crippen LogP contribution in [0.15, 0.2) is 60.7 Å². The minimum absolute atomic E-state index is 0.0361. The molecule has 0 N–H and O–H groups in total. The molecule has 0 aromatic heterocycles. The van der Waals surface area contributed by atoms with Crippen LogP contribution in [0.1, 0.15) is 94.6 Å². The first-order valence-electron chi connectivity index (χ1n) is 16.4. The standard InChI is InChI=1S/C36H51N3O2/c1-37(2)36(32-17-8-4-9-18-32)23-21-34(22-24-36)29-38(33(40)39(34)27-30-15-12-16-30)26-25-35(19-10-5-11-20-35)41-28-31-13-6-3-7-14-31/h3-4,6-9,13-14,17-18,30H,5,10-12,15-16,19-29H2,1-2H3/t34-,36+. The number of hydrogen-bond donors (Lipinski definition) is 0. The van der Waals surface area contributed by atoms with Crippen molar-refractivity contribution in [3.63, 3.8) is 0 Å². The van der Waals surface area contributed by atoms with Crippen molar-refractivity contribution in [2.75, 3.05) is 33.7 Å². The highest BCUT2D eigenvalue weighted by atomic mass is 16.5. The van der Waals surface area contributed by atoms with Gasteiger partial charge in [0, 0.05) is 25.2 Å². The molecule has 5 heteroatoms. The lowest BCUT2D eigenvalue weighted by atomic mass is 9.68. The normalized spacial score (nSPS) is 28.4. The number of amides is 2. The molecule has 0 bridgehead atoms. The van der Waals surface area contributed by atoms with Crippen molar-refractivity contribution in [3.8, 4) is 0 Å². The zero-order valence-electron chi connectivity index (χ0n) is 25.5. The number of ether oxygens (including phenoxy) is 1. The molecule has 3 aliphatic carbocycles. The summed E-state index contributed by atoms with van der Waals surface area (Å²) in [5, 5.41) is 0. The van der Waals surface area contributed by atoms with Crippen LogP contribution in [0.5, 0.6) is 0 Å². The molecule has 1 heterocycles. The smallest absolute Gasteiger partial charge is 0.320 e. The second-order valence-corrected chi connectivity index (χ2v) is 13.9. The van der Waals surface area contributed by atoms with Crippen molar-refractivity contribution < 1.29 is 9.53 Å². The lowest BCUT2D eigenvalue weighted by molar-refractivity contribution is -0.0880. The van der Waals surface area contributed by atoms with Crippen LogP contribution in [0.25, 0.3) is 0 Å². The van der Waals surface area contributed by atoms with E-state index in [-0.39, 0.29) is 16.7 Å². The maximum atomic E-state index is 14.2. The molecule has 4 aliphatic rings. The molecule has 2 aromatic carbocycles. The van der Waals surface area contributed by atoms with E-state index in [4.69, 9.17) is 4.74 Å². The van der Waals surface area contributed by atoms with Crippen LogP contribution in [0, 0.1) is 5.92 Å². The van der Waals surface area contributed by atoms with Gasteiger partial charge in [0.05, 0.1) is 17.7 Å². The second kappa shape index (κ2) is 12.1. The van der Waals surface area contributed by atoms with Crippen LogP contribution in [-0.2, 0) is 16.9 Å². The second-order valence-electron chi connectivity index (χ2n) is 13.9. The van der Waals surface area contributed by atoms with Crippen LogP contribution < -0.4 is 0 Å². The summed E-state index contributed by atoms with van der Waals surface area (Å²) in [6.45, 7) is 3.31. The third-order valence-corrected chi connectivity index (χ3v) is 11.4. The van der Waals surface area contributed by atoms with Gasteiger partial charge in [0.2, 0.25) is 0 Å². The molecule has 5 nitrogen and oxygen atoms in total. The fourth-order valence-electron chi connectivity index (χ4n) is 8.37. The summed E-state index contributed by atoms with van der Waals surface area (Å²) in [4.78, 5) is 21.2. The highest BCUT2D eigenvalue weighted by molar-refractivity contribution is 5.78. The van der Waals surface area contributed by atoms with E-state index < -0.39 is 0 Å². The van der Waals surface area contributed by atoms with Gasteiger partial charge in [-0.15, -0.1) is 0 Å². The Bertz CT molecular complexity index is 1130. The third-order valence-electron chi connectivity index (χ3n) is 11.4. The molecule has 0 unspecified atom stereocenters. The van der Waals surface area contributed by atoms with Crippen LogP contribution in [0.4, 0.5) is 4.79 Å². The Labute approximate surface area is 248 Å². The first-order chi connectivity index (χ1) is 19.9. The summed E-state index contributed by atoms with van der Waals surface area (Å²) >= 11 is 0. The summed E-state index contributed by atoms with van der Waals surface area (Å²) in [7, 11) is 4.48. The maximum absolute atomic E-state index is 14.2. The Morgan fingerprint density at radius 2 is 1.49 bits per heavy atom. The Hall–Kier alpha value is -2.37. The van der Waals surface area contributed by atoms with Gasteiger partial charge in [-0.1, -0.05) is 86.3 Å². The van der Waals surface area contributed by atoms with Gasteiger partial charge in [-0.25, -0.2) is 4.79 Å². The Morgan fingerprint density at radius 3 is 2.10 bits per heavy atom. The van der Waals surface area contributed by atoms with Crippen molar-refractivity contribution in [1.29, 1.82) is 0 Å². The Morgan fingerprint density at radius 1 is 0.829 bits per heavy atom. The molecule has 4 fully saturated rings. The highest BCUT2D eigenvalue weighted by Crippen LogP contribution is 2.50. The molecule has 41 heavy (non-hydrogen) atoms. The highest BCUT2D eigenvalue weighted by Gasteiger charge is 2.55. The summed E-state index contributed by atoms with van der Waals surface area (Å²) in [5.74, 6) is 0.685. The van der Waals surface area contributed by atoms with Gasteiger partial charge in [-0.2, -0.15) is 0 Å². The summed E-state index contributed by atoms with van der Waals surface area (Å²) in [5.41, 5.74) is 2.56. The topological polar surface area (TPSA) is 36.0 Å². The summed E-state index contributed by atoms with van der Waals surface area (Å²) in [6, 6.07) is 21.9. The predicted octanol–water partition coefficient (Wildman–Crippen LogP) is 7.60. The molecule has 0 atom stereocenters. The number of carbonyl (C=O) groups excluding carboxylic acids is 1. The quantitative estimate of drug-likeness (QED) is 0.302. The molecule has 2 amide bonds. The molecule has 0 radical (unpaired) electrons. The van der Waals surface area contributed by atoms with E-state index in [9.17, 15) is 4.79 Å². The monoisotopic (exact) mass is 557 g/mol. The summed E-state index contributed by atoms with van der Waals surface area (Å²) in [6.07, 6.45) is 15.1. The molecular weight excluding hydrogens is 506 g/mol. The van der Waals surface area contributed by atoms with E-state index in [1.807, 2.05) is 0 Å². The van der Waals surface area contributed by atoms with Gasteiger partial charge in [0.25, 0.3) is 0 Å². The molecule has 1 spiro atoms. The van der Waals surface area contributed by atoms with Crippen LogP contribution in [0.2, 0.25) is 0 Å². The molecule has 1 saturated heterocycles. The van der Waals surface area contributed by atoms with Crippen molar-refractivity contribution >= 4 is 6.03 Å². The fraction of sp³-hybridized carbons (Fsp3) is 0.639. The number of nitrogens with zero attached hydrogens (tertiary/aromatic N) is 3. The van der Waals surface area contributed by atoms with E-state index in [1.165, 1.54) is 49.7 Å². The van der Waals surface area contributed by atoms with Crippen LogP contribution in [0.3, 0.4) is 0 Å². The Balaban J connectivity index is 1.18. The number of carbonyl (C=O) groups is 1. The molecule has 3 saturated carbocycles. The van der Waals surface area contributed by atoms with Gasteiger partial charge in [-0.05, 0) is 88.9 Å². The fourth-order valence-corrected chi connectivity index (χ4v) is 8.37. The first-order valence-corrected chi connectivity index (χ1v) is 16.4. The lowest BCUT2D eigenvalue weighted by Crippen LogP contribution is -2.56. The Kier molecular flexibility index (Phi) is 8.47. The number of benzene rings is 2. The van der Waals surface area contributed by atoms with Gasteiger partial charge in [0.1, 0.15) is 0 Å². The molecule has 2 aromatic rings. The summed E-state index contributed by atoms with van der Waals surface area (Å²) < 4.78 is 6.75. The average molecular weight is 558 g/mol. The van der Waals surface area contributed by atoms with E-state index in [1.54, 1.807) is 0 Å². The van der Waals surface area contributed by atoms with Crippen molar-refractivity contribution in [3.05, 3.63) is 71.8 Å². The lowest BCUT2D eigenvalue weighted by Gasteiger charge is -2.51. The van der Waals surface area contributed by atoms with E-state index in [0.717, 1.165) is 64.6 Å². The zero-order chi connectivity index (χ0) is 28.3. The van der Waals surface area contributed by atoms with Crippen LogP contribution in [-0.4, -0.2) is 65.6 Å². The zero-order valence-corrected chi connectivity index (χ0v) is 25.5. The number of urea groups is 1. The molecule has 1 aliphatic heterocycles. The third kappa shape index (κ3) is 5.82. The largest absolute Gasteiger partial charge is 0.370 e. The molecule has 6 rings (SSSR count). The SMILES string of the molecule is CN(C)[C@]1(c2ccccc2)CC[C@]2(CC1)CN(CCC1(OCc3ccccc3)CCCCC1)C(=O)N2CC1CCC1. The van der Waals surface area contributed by atoms with E-state index in [2.05, 4.69) is 89.5 Å². The number of rotatable bonds is 10. The molecule has 222 valence electrons. The number of hydrogen-bond acceptors (Lipinski definition) is 3. The van der Waals surface area contributed by atoms with Crippen molar-refractivity contribution in [2.24, 2.45) is 5.92 Å². The maximum Gasteiger partial charge on any atom is 0.320 e. The van der Waals surface area contributed by atoms with Gasteiger partial charge < -0.3 is 14.5 Å². The minimum atomic E-state index is -0.108. The first kappa shape index (κ1) is 28.7. The van der Waals surface area contributed by atoms with Crippen molar-refractivity contribution in [2.45, 2.75) is 107 Å². The van der Waals surface area contributed by atoms with Gasteiger partial charge in [0.15, 0.2) is 0 Å². The van der Waals surface area contributed by atoms with Crippen molar-refractivity contribution in [1.82, 2.24) is 14.7 Å². The predicted molar refractivity (Wildman–Crippen MR) is 166 cm³/mol. The average Bonchev–Trinajstić information content (AvgIpc) is 3.24.